The average Bonchev–Trinajstić information content (AvgIpc) is 2.73. The quantitative estimate of drug-likeness (QED) is 0.190. The second-order valence-electron chi connectivity index (χ2n) is 8.58. The van der Waals surface area contributed by atoms with Gasteiger partial charge >= 0.3 is 181 Å². The van der Waals surface area contributed by atoms with Crippen LogP contribution in [0, 0.1) is 0 Å². The first kappa shape index (κ1) is 26.1. The van der Waals surface area contributed by atoms with Crippen LogP contribution in [-0.4, -0.2) is 39.8 Å². The van der Waals surface area contributed by atoms with Gasteiger partial charge in [-0.05, 0) is 0 Å². The normalized spacial score (nSPS) is 12.1. The van der Waals surface area contributed by atoms with Gasteiger partial charge in [-0.15, -0.1) is 0 Å². The number of unbranched alkanes of at least 4 members (excludes halogenated alkanes) is 6. The van der Waals surface area contributed by atoms with E-state index >= 15 is 0 Å². The molecular weight excluding hydrogens is 379 g/mol. The molecule has 0 spiro atoms. The summed E-state index contributed by atoms with van der Waals surface area (Å²) in [5.74, 6) is 2.29. The second kappa shape index (κ2) is 14.9. The van der Waals surface area contributed by atoms with E-state index in [1.807, 2.05) is 0 Å². The number of methoxy groups -OCH3 is 3. The summed E-state index contributed by atoms with van der Waals surface area (Å²) in [7, 11) is 3.72. The summed E-state index contributed by atoms with van der Waals surface area (Å²) in [5, 5.41) is 0. The summed E-state index contributed by atoms with van der Waals surface area (Å²) in [4.78, 5) is 0. The molecule has 0 aliphatic rings. The topological polar surface area (TPSA) is 27.7 Å². The molecule has 0 radical (unpaired) electrons. The number of hydrogen-bond donors (Lipinski definition) is 0. The van der Waals surface area contributed by atoms with Crippen molar-refractivity contribution in [1.29, 1.82) is 0 Å². The van der Waals surface area contributed by atoms with E-state index in [1.54, 1.807) is 21.3 Å². The molecule has 0 amide bonds. The number of ether oxygens (including phenoxy) is 3. The summed E-state index contributed by atoms with van der Waals surface area (Å²) < 4.78 is 16.8. The van der Waals surface area contributed by atoms with Gasteiger partial charge in [0.25, 0.3) is 0 Å². The van der Waals surface area contributed by atoms with Gasteiger partial charge in [-0.3, -0.25) is 0 Å². The van der Waals surface area contributed by atoms with Crippen molar-refractivity contribution >= 4 is 7.26 Å². The SMILES string of the molecule is CCCCC[PH](CCCCC)(CCCCC)Cc1cc(OC)c(OC)c(OC)c1. The summed E-state index contributed by atoms with van der Waals surface area (Å²) in [6.07, 6.45) is 17.8. The zero-order valence-electron chi connectivity index (χ0n) is 20.1. The van der Waals surface area contributed by atoms with E-state index in [2.05, 4.69) is 32.9 Å². The van der Waals surface area contributed by atoms with E-state index in [0.717, 1.165) is 11.5 Å². The monoisotopic (exact) mass is 426 g/mol. The summed E-state index contributed by atoms with van der Waals surface area (Å²) in [6.45, 7) is 6.95. The van der Waals surface area contributed by atoms with Gasteiger partial charge in [0.1, 0.15) is 0 Å². The summed E-state index contributed by atoms with van der Waals surface area (Å²) in [6, 6.07) is 4.39. The molecule has 0 aliphatic heterocycles. The summed E-state index contributed by atoms with van der Waals surface area (Å²) >= 11 is 0. The first-order chi connectivity index (χ1) is 14.1. The van der Waals surface area contributed by atoms with Crippen molar-refractivity contribution in [2.75, 3.05) is 39.8 Å². The fraction of sp³-hybridized carbons (Fsp3) is 0.760. The van der Waals surface area contributed by atoms with Crippen LogP contribution in [0.3, 0.4) is 0 Å². The maximum absolute atomic E-state index is 5.64. The molecular formula is C25H47O3P. The molecule has 0 aliphatic carbocycles. The predicted octanol–water partition coefficient (Wildman–Crippen LogP) is 7.53. The molecule has 0 saturated carbocycles. The Morgan fingerprint density at radius 2 is 1.03 bits per heavy atom. The van der Waals surface area contributed by atoms with Gasteiger partial charge in [0, 0.05) is 0 Å². The van der Waals surface area contributed by atoms with Crippen LogP contribution in [0.2, 0.25) is 0 Å². The third-order valence-electron chi connectivity index (χ3n) is 6.24. The molecule has 0 bridgehead atoms. The van der Waals surface area contributed by atoms with Crippen LogP contribution >= 0.6 is 7.26 Å². The van der Waals surface area contributed by atoms with Gasteiger partial charge in [0.05, 0.1) is 0 Å². The van der Waals surface area contributed by atoms with Crippen molar-refractivity contribution in [3.8, 4) is 17.2 Å². The Kier molecular flexibility index (Phi) is 13.4. The van der Waals surface area contributed by atoms with E-state index in [4.69, 9.17) is 14.2 Å². The van der Waals surface area contributed by atoms with Crippen LogP contribution in [-0.2, 0) is 6.16 Å². The van der Waals surface area contributed by atoms with Crippen molar-refractivity contribution in [3.63, 3.8) is 0 Å². The van der Waals surface area contributed by atoms with Crippen LogP contribution in [0.25, 0.3) is 0 Å². The van der Waals surface area contributed by atoms with Crippen molar-refractivity contribution in [3.05, 3.63) is 17.7 Å². The van der Waals surface area contributed by atoms with Crippen molar-refractivity contribution in [2.45, 2.75) is 84.7 Å². The Balaban J connectivity index is 3.20. The van der Waals surface area contributed by atoms with Gasteiger partial charge < -0.3 is 0 Å². The van der Waals surface area contributed by atoms with Crippen molar-refractivity contribution < 1.29 is 14.2 Å². The van der Waals surface area contributed by atoms with Gasteiger partial charge in [-0.25, -0.2) is 0 Å². The van der Waals surface area contributed by atoms with E-state index in [-0.39, 0.29) is 0 Å². The molecule has 1 rings (SSSR count). The zero-order valence-corrected chi connectivity index (χ0v) is 21.1. The molecule has 0 saturated heterocycles. The molecule has 1 aromatic rings. The minimum absolute atomic E-state index is 0.703. The van der Waals surface area contributed by atoms with Crippen molar-refractivity contribution in [2.24, 2.45) is 0 Å². The molecule has 0 unspecified atom stereocenters. The average molecular weight is 427 g/mol. The first-order valence-electron chi connectivity index (χ1n) is 11.9. The molecule has 0 heterocycles. The Morgan fingerprint density at radius 1 is 0.621 bits per heavy atom. The summed E-state index contributed by atoms with van der Waals surface area (Å²) in [5.41, 5.74) is 1.37. The molecule has 0 N–H and O–H groups in total. The molecule has 170 valence electrons. The van der Waals surface area contributed by atoms with Gasteiger partial charge in [-0.1, -0.05) is 0 Å². The first-order valence-corrected chi connectivity index (χ1v) is 14.7. The number of hydrogen-bond acceptors (Lipinski definition) is 3. The molecule has 0 atom stereocenters. The molecule has 0 aromatic heterocycles. The van der Waals surface area contributed by atoms with Crippen LogP contribution < -0.4 is 14.2 Å². The van der Waals surface area contributed by atoms with E-state index in [9.17, 15) is 0 Å². The third-order valence-corrected chi connectivity index (χ3v) is 11.6. The fourth-order valence-electron chi connectivity index (χ4n) is 4.56. The van der Waals surface area contributed by atoms with Crippen LogP contribution in [0.1, 0.15) is 84.1 Å². The van der Waals surface area contributed by atoms with Gasteiger partial charge in [0.2, 0.25) is 0 Å². The van der Waals surface area contributed by atoms with E-state index in [0.29, 0.717) is 5.75 Å². The van der Waals surface area contributed by atoms with Gasteiger partial charge in [-0.2, -0.15) is 0 Å². The maximum atomic E-state index is 5.64. The second-order valence-corrected chi connectivity index (χ2v) is 13.4. The molecule has 3 nitrogen and oxygen atoms in total. The van der Waals surface area contributed by atoms with Crippen LogP contribution in [0.5, 0.6) is 17.2 Å². The molecule has 0 fully saturated rings. The fourth-order valence-corrected chi connectivity index (χ4v) is 9.91. The Morgan fingerprint density at radius 3 is 1.34 bits per heavy atom. The van der Waals surface area contributed by atoms with Crippen molar-refractivity contribution in [1.82, 2.24) is 0 Å². The standard InChI is InChI=1S/C25H47O3P/c1-7-10-13-16-29(17-14-11-8-2,18-15-12-9-3)21-22-19-23(26-4)25(28-6)24(20-22)27-5/h19-20,29H,7-18,21H2,1-6H3. The zero-order chi connectivity index (χ0) is 21.5. The van der Waals surface area contributed by atoms with Crippen LogP contribution in [0.4, 0.5) is 0 Å². The van der Waals surface area contributed by atoms with Crippen LogP contribution in [0.15, 0.2) is 12.1 Å². The Hall–Kier alpha value is -0.950. The molecule has 1 aromatic carbocycles. The molecule has 29 heavy (non-hydrogen) atoms. The Labute approximate surface area is 181 Å². The number of rotatable bonds is 17. The van der Waals surface area contributed by atoms with E-state index in [1.165, 1.54) is 88.0 Å². The minimum atomic E-state index is -1.40. The predicted molar refractivity (Wildman–Crippen MR) is 131 cm³/mol. The third kappa shape index (κ3) is 8.75. The van der Waals surface area contributed by atoms with Gasteiger partial charge in [0.15, 0.2) is 0 Å². The van der Waals surface area contributed by atoms with E-state index < -0.39 is 7.26 Å². The molecule has 4 heteroatoms. The Bertz CT molecular complexity index is 507. The number of benzene rings is 1.